The highest BCUT2D eigenvalue weighted by molar-refractivity contribution is 4.93. The molecule has 1 unspecified atom stereocenters. The zero-order valence-corrected chi connectivity index (χ0v) is 10.9. The van der Waals surface area contributed by atoms with E-state index >= 15 is 0 Å². The normalized spacial score (nSPS) is 19.5. The molecular formula is C14H23N3. The van der Waals surface area contributed by atoms with Crippen molar-refractivity contribution in [2.75, 3.05) is 32.7 Å². The Morgan fingerprint density at radius 2 is 2.00 bits per heavy atom. The lowest BCUT2D eigenvalue weighted by atomic mass is 10.1. The van der Waals surface area contributed by atoms with Gasteiger partial charge in [0, 0.05) is 32.6 Å². The second kappa shape index (κ2) is 8.12. The van der Waals surface area contributed by atoms with Gasteiger partial charge in [-0.15, -0.1) is 12.3 Å². The van der Waals surface area contributed by atoms with Crippen LogP contribution in [0.5, 0.6) is 0 Å². The highest BCUT2D eigenvalue weighted by Gasteiger charge is 2.22. The number of hydrogen-bond acceptors (Lipinski definition) is 3. The summed E-state index contributed by atoms with van der Waals surface area (Å²) in [6.45, 7) is 7.44. The molecule has 0 aliphatic carbocycles. The highest BCUT2D eigenvalue weighted by Crippen LogP contribution is 2.10. The lowest BCUT2D eigenvalue weighted by molar-refractivity contribution is 0.110. The fourth-order valence-corrected chi connectivity index (χ4v) is 2.31. The largest absolute Gasteiger partial charge is 0.301 e. The summed E-state index contributed by atoms with van der Waals surface area (Å²) in [6.07, 6.45) is 9.28. The summed E-state index contributed by atoms with van der Waals surface area (Å²) >= 11 is 0. The smallest absolute Gasteiger partial charge is 0.0978 e. The van der Waals surface area contributed by atoms with E-state index in [0.29, 0.717) is 0 Å². The number of nitriles is 1. The number of terminal acetylenes is 1. The maximum absolute atomic E-state index is 9.12. The first kappa shape index (κ1) is 14.0. The summed E-state index contributed by atoms with van der Waals surface area (Å²) < 4.78 is 0. The number of nitrogens with zero attached hydrogens (tertiary/aromatic N) is 3. The minimum absolute atomic E-state index is 0.118. The zero-order chi connectivity index (χ0) is 12.5. The summed E-state index contributed by atoms with van der Waals surface area (Å²) in [4.78, 5) is 4.77. The lowest BCUT2D eigenvalue weighted by Gasteiger charge is -2.36. The Balaban J connectivity index is 2.25. The van der Waals surface area contributed by atoms with E-state index in [-0.39, 0.29) is 6.04 Å². The van der Waals surface area contributed by atoms with E-state index in [0.717, 1.165) is 58.4 Å². The minimum Gasteiger partial charge on any atom is -0.301 e. The average Bonchev–Trinajstić information content (AvgIpc) is 2.37. The Bertz CT molecular complexity index is 279. The van der Waals surface area contributed by atoms with E-state index < -0.39 is 0 Å². The number of hydrogen-bond donors (Lipinski definition) is 0. The van der Waals surface area contributed by atoms with Crippen molar-refractivity contribution >= 4 is 0 Å². The van der Waals surface area contributed by atoms with E-state index in [2.05, 4.69) is 28.7 Å². The molecule has 0 spiro atoms. The Morgan fingerprint density at radius 3 is 2.53 bits per heavy atom. The van der Waals surface area contributed by atoms with E-state index in [1.165, 1.54) is 0 Å². The molecule has 1 aliphatic rings. The first-order chi connectivity index (χ1) is 8.31. The molecule has 3 nitrogen and oxygen atoms in total. The van der Waals surface area contributed by atoms with Crippen LogP contribution in [-0.4, -0.2) is 48.6 Å². The molecule has 1 atom stereocenters. The molecule has 1 rings (SSSR count). The SMILES string of the molecule is C#CCCCN1CCN(C(C#N)CCC)CC1. The summed E-state index contributed by atoms with van der Waals surface area (Å²) in [5.41, 5.74) is 0. The molecule has 0 bridgehead atoms. The molecule has 1 heterocycles. The van der Waals surface area contributed by atoms with Crippen molar-refractivity contribution in [3.63, 3.8) is 0 Å². The molecule has 0 radical (unpaired) electrons. The van der Waals surface area contributed by atoms with E-state index in [1.807, 2.05) is 0 Å². The van der Waals surface area contributed by atoms with E-state index in [1.54, 1.807) is 0 Å². The van der Waals surface area contributed by atoms with Gasteiger partial charge in [-0.3, -0.25) is 4.90 Å². The Labute approximate surface area is 105 Å². The first-order valence-corrected chi connectivity index (χ1v) is 6.61. The van der Waals surface area contributed by atoms with E-state index in [9.17, 15) is 0 Å². The van der Waals surface area contributed by atoms with Gasteiger partial charge in [-0.05, 0) is 19.4 Å². The summed E-state index contributed by atoms with van der Waals surface area (Å²) in [6, 6.07) is 2.54. The van der Waals surface area contributed by atoms with Crippen LogP contribution in [-0.2, 0) is 0 Å². The minimum atomic E-state index is 0.118. The summed E-state index contributed by atoms with van der Waals surface area (Å²) in [5.74, 6) is 2.68. The average molecular weight is 233 g/mol. The van der Waals surface area contributed by atoms with Crippen molar-refractivity contribution < 1.29 is 0 Å². The molecule has 94 valence electrons. The van der Waals surface area contributed by atoms with E-state index in [4.69, 9.17) is 11.7 Å². The third-order valence-corrected chi connectivity index (χ3v) is 3.35. The van der Waals surface area contributed by atoms with Crippen LogP contribution in [0.1, 0.15) is 32.6 Å². The van der Waals surface area contributed by atoms with Gasteiger partial charge in [0.25, 0.3) is 0 Å². The molecule has 0 aromatic carbocycles. The Morgan fingerprint density at radius 1 is 1.29 bits per heavy atom. The van der Waals surface area contributed by atoms with Crippen molar-refractivity contribution in [3.05, 3.63) is 0 Å². The lowest BCUT2D eigenvalue weighted by Crippen LogP contribution is -2.50. The molecule has 3 heteroatoms. The molecule has 0 saturated carbocycles. The summed E-state index contributed by atoms with van der Waals surface area (Å²) in [5, 5.41) is 9.12. The van der Waals surface area contributed by atoms with Gasteiger partial charge in [0.1, 0.15) is 0 Å². The Hall–Kier alpha value is -1.03. The molecule has 1 saturated heterocycles. The first-order valence-electron chi connectivity index (χ1n) is 6.61. The van der Waals surface area contributed by atoms with Gasteiger partial charge in [-0.2, -0.15) is 5.26 Å². The van der Waals surface area contributed by atoms with Crippen molar-refractivity contribution in [1.82, 2.24) is 9.80 Å². The fourth-order valence-electron chi connectivity index (χ4n) is 2.31. The predicted octanol–water partition coefficient (Wildman–Crippen LogP) is 1.71. The Kier molecular flexibility index (Phi) is 6.70. The van der Waals surface area contributed by atoms with Gasteiger partial charge < -0.3 is 4.90 Å². The van der Waals surface area contributed by atoms with Gasteiger partial charge in [0.05, 0.1) is 12.1 Å². The van der Waals surface area contributed by atoms with Crippen LogP contribution in [0.2, 0.25) is 0 Å². The van der Waals surface area contributed by atoms with Crippen LogP contribution >= 0.6 is 0 Å². The standard InChI is InChI=1S/C14H23N3/c1-3-5-6-8-16-9-11-17(12-10-16)14(13-15)7-4-2/h1,14H,4-12H2,2H3. The topological polar surface area (TPSA) is 30.3 Å². The fraction of sp³-hybridized carbons (Fsp3) is 0.786. The monoisotopic (exact) mass is 233 g/mol. The van der Waals surface area contributed by atoms with Crippen molar-refractivity contribution in [1.29, 1.82) is 5.26 Å². The number of unbranched alkanes of at least 4 members (excludes halogenated alkanes) is 1. The van der Waals surface area contributed by atoms with Gasteiger partial charge in [0.2, 0.25) is 0 Å². The van der Waals surface area contributed by atoms with Crippen LogP contribution in [0.4, 0.5) is 0 Å². The van der Waals surface area contributed by atoms with Crippen molar-refractivity contribution in [2.45, 2.75) is 38.6 Å². The van der Waals surface area contributed by atoms with Crippen LogP contribution in [0.3, 0.4) is 0 Å². The van der Waals surface area contributed by atoms with Crippen LogP contribution in [0.15, 0.2) is 0 Å². The van der Waals surface area contributed by atoms with Crippen LogP contribution in [0.25, 0.3) is 0 Å². The van der Waals surface area contributed by atoms with Gasteiger partial charge in [0.15, 0.2) is 0 Å². The second-order valence-electron chi connectivity index (χ2n) is 4.62. The molecule has 1 fully saturated rings. The van der Waals surface area contributed by atoms with Crippen molar-refractivity contribution in [3.8, 4) is 18.4 Å². The zero-order valence-electron chi connectivity index (χ0n) is 10.9. The second-order valence-corrected chi connectivity index (χ2v) is 4.62. The predicted molar refractivity (Wildman–Crippen MR) is 70.4 cm³/mol. The molecule has 1 aliphatic heterocycles. The van der Waals surface area contributed by atoms with Crippen LogP contribution in [0, 0.1) is 23.7 Å². The number of piperazine rings is 1. The van der Waals surface area contributed by atoms with Crippen molar-refractivity contribution in [2.24, 2.45) is 0 Å². The third kappa shape index (κ3) is 4.77. The van der Waals surface area contributed by atoms with Crippen LogP contribution < -0.4 is 0 Å². The van der Waals surface area contributed by atoms with Gasteiger partial charge in [-0.1, -0.05) is 13.3 Å². The molecule has 17 heavy (non-hydrogen) atoms. The van der Waals surface area contributed by atoms with Gasteiger partial charge in [-0.25, -0.2) is 0 Å². The molecule has 0 amide bonds. The quantitative estimate of drug-likeness (QED) is 0.517. The molecular weight excluding hydrogens is 210 g/mol. The third-order valence-electron chi connectivity index (χ3n) is 3.35. The highest BCUT2D eigenvalue weighted by atomic mass is 15.3. The molecule has 0 aromatic heterocycles. The molecule has 0 N–H and O–H groups in total. The summed E-state index contributed by atoms with van der Waals surface area (Å²) in [7, 11) is 0. The maximum Gasteiger partial charge on any atom is 0.0978 e. The van der Waals surface area contributed by atoms with Gasteiger partial charge >= 0.3 is 0 Å². The maximum atomic E-state index is 9.12. The number of rotatable bonds is 6. The molecule has 0 aromatic rings.